The molecule has 1 aromatic rings. The van der Waals surface area contributed by atoms with Crippen LogP contribution in [0.2, 0.25) is 0 Å². The van der Waals surface area contributed by atoms with Gasteiger partial charge >= 0.3 is 5.97 Å². The number of nitrogens with zero attached hydrogens (tertiary/aromatic N) is 1. The van der Waals surface area contributed by atoms with Crippen molar-refractivity contribution in [1.29, 1.82) is 0 Å². The highest BCUT2D eigenvalue weighted by Gasteiger charge is 2.09. The van der Waals surface area contributed by atoms with Gasteiger partial charge in [0, 0.05) is 6.20 Å². The number of fused-ring (bicyclic) bond motifs is 1. The summed E-state index contributed by atoms with van der Waals surface area (Å²) >= 11 is 0. The first-order valence-corrected chi connectivity index (χ1v) is 4.00. The third-order valence-corrected chi connectivity index (χ3v) is 1.78. The molecule has 4 nitrogen and oxygen atoms in total. The minimum absolute atomic E-state index is 0.100. The van der Waals surface area contributed by atoms with Crippen molar-refractivity contribution in [3.63, 3.8) is 0 Å². The fraction of sp³-hybridized carbons (Fsp3) is 0. The Labute approximate surface area is 80.2 Å². The van der Waals surface area contributed by atoms with Crippen molar-refractivity contribution in [3.05, 3.63) is 41.9 Å². The summed E-state index contributed by atoms with van der Waals surface area (Å²) in [7, 11) is 0. The van der Waals surface area contributed by atoms with Gasteiger partial charge in [-0.3, -0.25) is 4.98 Å². The molecule has 0 saturated carbocycles. The van der Waals surface area contributed by atoms with Crippen LogP contribution in [0.25, 0.3) is 6.08 Å². The van der Waals surface area contributed by atoms with Gasteiger partial charge in [0.1, 0.15) is 12.0 Å². The molecule has 70 valence electrons. The third kappa shape index (κ3) is 1.50. The van der Waals surface area contributed by atoms with Crippen molar-refractivity contribution in [2.24, 2.45) is 0 Å². The van der Waals surface area contributed by atoms with E-state index in [1.165, 1.54) is 12.3 Å². The topological polar surface area (TPSA) is 59.4 Å². The Kier molecular flexibility index (Phi) is 2.02. The maximum atomic E-state index is 10.6. The lowest BCUT2D eigenvalue weighted by Gasteiger charge is -2.00. The van der Waals surface area contributed by atoms with Gasteiger partial charge in [-0.1, -0.05) is 0 Å². The number of carboxylic acid groups (broad SMARTS) is 1. The average molecular weight is 189 g/mol. The molecule has 14 heavy (non-hydrogen) atoms. The number of rotatable bonds is 1. The van der Waals surface area contributed by atoms with E-state index in [2.05, 4.69) is 4.98 Å². The predicted octanol–water partition coefficient (Wildman–Crippen LogP) is 1.46. The smallest absolute Gasteiger partial charge is 0.338 e. The number of pyridine rings is 1. The van der Waals surface area contributed by atoms with Gasteiger partial charge in [0.05, 0.1) is 5.57 Å². The van der Waals surface area contributed by atoms with Crippen molar-refractivity contribution in [3.8, 4) is 5.75 Å². The molecule has 2 rings (SSSR count). The van der Waals surface area contributed by atoms with Crippen LogP contribution in [0.1, 0.15) is 5.69 Å². The van der Waals surface area contributed by atoms with Gasteiger partial charge in [0.25, 0.3) is 0 Å². The van der Waals surface area contributed by atoms with Crippen LogP contribution in [-0.2, 0) is 4.79 Å². The van der Waals surface area contributed by atoms with Crippen LogP contribution in [0.15, 0.2) is 36.2 Å². The van der Waals surface area contributed by atoms with E-state index >= 15 is 0 Å². The fourth-order valence-electron chi connectivity index (χ4n) is 1.08. The molecule has 1 aliphatic heterocycles. The second kappa shape index (κ2) is 3.33. The van der Waals surface area contributed by atoms with Crippen molar-refractivity contribution in [2.45, 2.75) is 0 Å². The number of hydrogen-bond donors (Lipinski definition) is 1. The molecular weight excluding hydrogens is 182 g/mol. The van der Waals surface area contributed by atoms with Gasteiger partial charge in [-0.2, -0.15) is 0 Å². The molecule has 0 amide bonds. The van der Waals surface area contributed by atoms with E-state index < -0.39 is 5.97 Å². The van der Waals surface area contributed by atoms with Crippen LogP contribution >= 0.6 is 0 Å². The van der Waals surface area contributed by atoms with Crippen LogP contribution < -0.4 is 4.74 Å². The predicted molar refractivity (Wildman–Crippen MR) is 49.6 cm³/mol. The van der Waals surface area contributed by atoms with Gasteiger partial charge in [0.15, 0.2) is 5.75 Å². The van der Waals surface area contributed by atoms with Crippen molar-refractivity contribution >= 4 is 12.0 Å². The third-order valence-electron chi connectivity index (χ3n) is 1.78. The summed E-state index contributed by atoms with van der Waals surface area (Å²) in [6, 6.07) is 3.46. The SMILES string of the molecule is O=C(O)C1=COc2cccnc2C=C1. The summed E-state index contributed by atoms with van der Waals surface area (Å²) in [4.78, 5) is 14.7. The number of aromatic nitrogens is 1. The van der Waals surface area contributed by atoms with Crippen LogP contribution in [0.3, 0.4) is 0 Å². The maximum absolute atomic E-state index is 10.6. The first kappa shape index (κ1) is 8.50. The summed E-state index contributed by atoms with van der Waals surface area (Å²) in [5, 5.41) is 8.72. The van der Waals surface area contributed by atoms with E-state index in [4.69, 9.17) is 9.84 Å². The summed E-state index contributed by atoms with van der Waals surface area (Å²) in [5.41, 5.74) is 0.725. The first-order valence-electron chi connectivity index (χ1n) is 4.00. The van der Waals surface area contributed by atoms with Crippen molar-refractivity contribution < 1.29 is 14.6 Å². The second-order valence-electron chi connectivity index (χ2n) is 2.72. The zero-order chi connectivity index (χ0) is 9.97. The molecule has 4 heteroatoms. The number of carboxylic acids is 1. The van der Waals surface area contributed by atoms with E-state index in [0.29, 0.717) is 11.4 Å². The Bertz CT molecular complexity index is 435. The zero-order valence-electron chi connectivity index (χ0n) is 7.18. The van der Waals surface area contributed by atoms with Gasteiger partial charge < -0.3 is 9.84 Å². The lowest BCUT2D eigenvalue weighted by Crippen LogP contribution is -1.98. The van der Waals surface area contributed by atoms with Crippen LogP contribution in [0.5, 0.6) is 5.75 Å². The van der Waals surface area contributed by atoms with Gasteiger partial charge in [-0.15, -0.1) is 0 Å². The van der Waals surface area contributed by atoms with E-state index in [1.807, 2.05) is 0 Å². The molecule has 0 spiro atoms. The minimum Gasteiger partial charge on any atom is -0.478 e. The Morgan fingerprint density at radius 3 is 3.07 bits per heavy atom. The highest BCUT2D eigenvalue weighted by atomic mass is 16.5. The minimum atomic E-state index is -1.02. The standard InChI is InChI=1S/C10H7NO3/c12-10(13)7-3-4-8-9(14-6-7)2-1-5-11-8/h1-6H,(H,12,13). The molecule has 0 saturated heterocycles. The van der Waals surface area contributed by atoms with Crippen molar-refractivity contribution in [1.82, 2.24) is 4.98 Å². The van der Waals surface area contributed by atoms with Crippen molar-refractivity contribution in [2.75, 3.05) is 0 Å². The highest BCUT2D eigenvalue weighted by molar-refractivity contribution is 5.91. The molecule has 2 heterocycles. The lowest BCUT2D eigenvalue weighted by atomic mass is 10.2. The molecule has 0 aliphatic carbocycles. The molecule has 0 unspecified atom stereocenters. The molecule has 0 radical (unpaired) electrons. The summed E-state index contributed by atoms with van der Waals surface area (Å²) < 4.78 is 5.15. The van der Waals surface area contributed by atoms with Crippen LogP contribution in [-0.4, -0.2) is 16.1 Å². The molecule has 0 fully saturated rings. The quantitative estimate of drug-likeness (QED) is 0.726. The fourth-order valence-corrected chi connectivity index (χ4v) is 1.08. The lowest BCUT2D eigenvalue weighted by molar-refractivity contribution is -0.132. The van der Waals surface area contributed by atoms with Crippen LogP contribution in [0, 0.1) is 0 Å². The maximum Gasteiger partial charge on any atom is 0.338 e. The molecule has 1 aromatic heterocycles. The monoisotopic (exact) mass is 189 g/mol. The Hall–Kier alpha value is -2.10. The highest BCUT2D eigenvalue weighted by Crippen LogP contribution is 2.21. The number of aliphatic carboxylic acids is 1. The summed E-state index contributed by atoms with van der Waals surface area (Å²) in [6.45, 7) is 0. The summed E-state index contributed by atoms with van der Waals surface area (Å²) in [5.74, 6) is -0.464. The second-order valence-corrected chi connectivity index (χ2v) is 2.72. The van der Waals surface area contributed by atoms with Gasteiger partial charge in [-0.25, -0.2) is 4.79 Å². The van der Waals surface area contributed by atoms with E-state index in [1.54, 1.807) is 24.4 Å². The molecule has 0 atom stereocenters. The van der Waals surface area contributed by atoms with E-state index in [-0.39, 0.29) is 5.57 Å². The first-order chi connectivity index (χ1) is 6.77. The number of carbonyl (C=O) groups is 1. The Morgan fingerprint density at radius 1 is 1.43 bits per heavy atom. The van der Waals surface area contributed by atoms with Crippen LogP contribution in [0.4, 0.5) is 0 Å². The normalized spacial score (nSPS) is 13.6. The average Bonchev–Trinajstić information content (AvgIpc) is 2.39. The van der Waals surface area contributed by atoms with E-state index in [0.717, 1.165) is 0 Å². The number of ether oxygens (including phenoxy) is 1. The van der Waals surface area contributed by atoms with Gasteiger partial charge in [0.2, 0.25) is 0 Å². The largest absolute Gasteiger partial charge is 0.478 e. The molecule has 1 N–H and O–H groups in total. The Balaban J connectivity index is 2.41. The Morgan fingerprint density at radius 2 is 2.29 bits per heavy atom. The molecular formula is C10H7NO3. The molecule has 0 aromatic carbocycles. The molecule has 1 aliphatic rings. The van der Waals surface area contributed by atoms with E-state index in [9.17, 15) is 4.79 Å². The number of hydrogen-bond acceptors (Lipinski definition) is 3. The summed E-state index contributed by atoms with van der Waals surface area (Å²) in [6.07, 6.45) is 5.90. The zero-order valence-corrected chi connectivity index (χ0v) is 7.18. The molecule has 0 bridgehead atoms. The van der Waals surface area contributed by atoms with Gasteiger partial charge in [-0.05, 0) is 24.3 Å².